The first-order valence-corrected chi connectivity index (χ1v) is 6.31. The lowest BCUT2D eigenvalue weighted by molar-refractivity contribution is -0.137. The number of aromatic nitrogens is 1. The molecule has 19 heavy (non-hydrogen) atoms. The van der Waals surface area contributed by atoms with E-state index in [1.54, 1.807) is 0 Å². The molecule has 7 heteroatoms. The van der Waals surface area contributed by atoms with Crippen LogP contribution in [0.1, 0.15) is 18.9 Å². The molecular formula is C12H15ClF3N3. The van der Waals surface area contributed by atoms with Gasteiger partial charge >= 0.3 is 6.18 Å². The quantitative estimate of drug-likeness (QED) is 0.911. The summed E-state index contributed by atoms with van der Waals surface area (Å²) in [5, 5.41) is 0.0242. The molecule has 0 amide bonds. The van der Waals surface area contributed by atoms with Crippen LogP contribution in [0.25, 0.3) is 0 Å². The number of anilines is 1. The number of nitrogens with two attached hydrogens (primary N) is 1. The van der Waals surface area contributed by atoms with Crippen LogP contribution in [-0.4, -0.2) is 24.6 Å². The van der Waals surface area contributed by atoms with Gasteiger partial charge in [0, 0.05) is 19.3 Å². The maximum atomic E-state index is 12.5. The van der Waals surface area contributed by atoms with Crippen molar-refractivity contribution in [2.45, 2.75) is 19.5 Å². The molecular weight excluding hydrogens is 279 g/mol. The van der Waals surface area contributed by atoms with Crippen LogP contribution < -0.4 is 10.6 Å². The van der Waals surface area contributed by atoms with Gasteiger partial charge < -0.3 is 10.6 Å². The lowest BCUT2D eigenvalue weighted by Gasteiger charge is -2.24. The van der Waals surface area contributed by atoms with E-state index in [4.69, 9.17) is 17.3 Å². The third-order valence-electron chi connectivity index (χ3n) is 3.50. The lowest BCUT2D eigenvalue weighted by Crippen LogP contribution is -2.31. The van der Waals surface area contributed by atoms with Gasteiger partial charge in [0.2, 0.25) is 0 Å². The van der Waals surface area contributed by atoms with E-state index in [-0.39, 0.29) is 10.4 Å². The Morgan fingerprint density at radius 2 is 2.21 bits per heavy atom. The average molecular weight is 294 g/mol. The van der Waals surface area contributed by atoms with Gasteiger partial charge in [-0.05, 0) is 24.4 Å². The second-order valence-corrected chi connectivity index (χ2v) is 5.62. The van der Waals surface area contributed by atoms with Gasteiger partial charge in [-0.2, -0.15) is 13.2 Å². The molecule has 0 aromatic carbocycles. The van der Waals surface area contributed by atoms with Crippen LogP contribution in [0.4, 0.5) is 19.0 Å². The van der Waals surface area contributed by atoms with Crippen molar-refractivity contribution in [2.75, 3.05) is 24.5 Å². The molecule has 1 aromatic heterocycles. The Hall–Kier alpha value is -1.01. The zero-order valence-electron chi connectivity index (χ0n) is 10.5. The summed E-state index contributed by atoms with van der Waals surface area (Å²) in [6.07, 6.45) is -2.73. The van der Waals surface area contributed by atoms with Gasteiger partial charge in [0.1, 0.15) is 5.82 Å². The van der Waals surface area contributed by atoms with Crippen LogP contribution in [-0.2, 0) is 6.18 Å². The summed E-state index contributed by atoms with van der Waals surface area (Å²) in [5.41, 5.74) is 4.83. The molecule has 1 fully saturated rings. The fraction of sp³-hybridized carbons (Fsp3) is 0.583. The second kappa shape index (κ2) is 4.83. The predicted octanol–water partition coefficient (Wildman–Crippen LogP) is 2.93. The highest BCUT2D eigenvalue weighted by molar-refractivity contribution is 6.33. The lowest BCUT2D eigenvalue weighted by atomic mass is 9.90. The van der Waals surface area contributed by atoms with Crippen LogP contribution in [0.2, 0.25) is 5.02 Å². The Morgan fingerprint density at radius 3 is 2.68 bits per heavy atom. The molecule has 1 unspecified atom stereocenters. The molecule has 0 bridgehead atoms. The Labute approximate surface area is 114 Å². The molecule has 0 saturated carbocycles. The fourth-order valence-electron chi connectivity index (χ4n) is 2.19. The van der Waals surface area contributed by atoms with Crippen molar-refractivity contribution in [1.82, 2.24) is 4.98 Å². The van der Waals surface area contributed by atoms with Gasteiger partial charge in [-0.3, -0.25) is 0 Å². The van der Waals surface area contributed by atoms with Gasteiger partial charge in [0.25, 0.3) is 0 Å². The first-order chi connectivity index (χ1) is 8.75. The van der Waals surface area contributed by atoms with E-state index in [2.05, 4.69) is 4.98 Å². The zero-order chi connectivity index (χ0) is 14.3. The maximum Gasteiger partial charge on any atom is 0.417 e. The number of nitrogens with zero attached hydrogens (tertiary/aromatic N) is 2. The van der Waals surface area contributed by atoms with Crippen molar-refractivity contribution in [1.29, 1.82) is 0 Å². The minimum absolute atomic E-state index is 0.0242. The van der Waals surface area contributed by atoms with Crippen molar-refractivity contribution in [3.8, 4) is 0 Å². The van der Waals surface area contributed by atoms with Crippen molar-refractivity contribution in [3.63, 3.8) is 0 Å². The Balaban J connectivity index is 2.24. The Kier molecular flexibility index (Phi) is 3.66. The molecule has 0 aliphatic carbocycles. The van der Waals surface area contributed by atoms with Gasteiger partial charge in [-0.1, -0.05) is 18.5 Å². The normalized spacial score (nSPS) is 24.0. The summed E-state index contributed by atoms with van der Waals surface area (Å²) >= 11 is 5.92. The molecule has 106 valence electrons. The summed E-state index contributed by atoms with van der Waals surface area (Å²) in [7, 11) is 0. The number of hydrogen-bond donors (Lipinski definition) is 1. The third kappa shape index (κ3) is 2.95. The number of pyridine rings is 1. The highest BCUT2D eigenvalue weighted by Gasteiger charge is 2.35. The van der Waals surface area contributed by atoms with Gasteiger partial charge in [0.05, 0.1) is 10.6 Å². The molecule has 3 nitrogen and oxygen atoms in total. The molecule has 0 spiro atoms. The summed E-state index contributed by atoms with van der Waals surface area (Å²) in [6, 6.07) is 0.919. The summed E-state index contributed by atoms with van der Waals surface area (Å²) < 4.78 is 37.6. The minimum atomic E-state index is -4.42. The monoisotopic (exact) mass is 293 g/mol. The molecule has 1 aliphatic rings. The van der Waals surface area contributed by atoms with Crippen LogP contribution >= 0.6 is 11.6 Å². The van der Waals surface area contributed by atoms with Crippen LogP contribution in [0.3, 0.4) is 0 Å². The summed E-state index contributed by atoms with van der Waals surface area (Å²) in [5.74, 6) is 0.395. The largest absolute Gasteiger partial charge is 0.417 e. The minimum Gasteiger partial charge on any atom is -0.355 e. The van der Waals surface area contributed by atoms with Crippen LogP contribution in [0.5, 0.6) is 0 Å². The molecule has 1 aromatic rings. The molecule has 2 heterocycles. The molecule has 1 aliphatic heterocycles. The number of alkyl halides is 3. The van der Waals surface area contributed by atoms with E-state index in [1.165, 1.54) is 0 Å². The first kappa shape index (κ1) is 14.4. The van der Waals surface area contributed by atoms with E-state index in [0.29, 0.717) is 25.5 Å². The van der Waals surface area contributed by atoms with Crippen molar-refractivity contribution < 1.29 is 13.2 Å². The van der Waals surface area contributed by atoms with Crippen LogP contribution in [0.15, 0.2) is 12.3 Å². The zero-order valence-corrected chi connectivity index (χ0v) is 11.2. The summed E-state index contributed by atoms with van der Waals surface area (Å²) in [4.78, 5) is 5.74. The van der Waals surface area contributed by atoms with Gasteiger partial charge in [-0.25, -0.2) is 4.98 Å². The molecule has 1 atom stereocenters. The van der Waals surface area contributed by atoms with E-state index in [0.717, 1.165) is 18.7 Å². The molecule has 1 saturated heterocycles. The van der Waals surface area contributed by atoms with E-state index in [1.807, 2.05) is 11.8 Å². The predicted molar refractivity (Wildman–Crippen MR) is 68.2 cm³/mol. The SMILES string of the molecule is CC1(CN)CCN(c2ncc(C(F)(F)F)cc2Cl)C1. The second-order valence-electron chi connectivity index (χ2n) is 5.21. The van der Waals surface area contributed by atoms with E-state index >= 15 is 0 Å². The van der Waals surface area contributed by atoms with Crippen LogP contribution in [0, 0.1) is 5.41 Å². The Bertz CT molecular complexity index is 478. The van der Waals surface area contributed by atoms with Gasteiger partial charge in [0.15, 0.2) is 0 Å². The smallest absolute Gasteiger partial charge is 0.355 e. The van der Waals surface area contributed by atoms with Gasteiger partial charge in [-0.15, -0.1) is 0 Å². The average Bonchev–Trinajstić information content (AvgIpc) is 2.71. The topological polar surface area (TPSA) is 42.1 Å². The standard InChI is InChI=1S/C12H15ClF3N3/c1-11(6-17)2-3-19(7-11)10-9(13)4-8(5-18-10)12(14,15)16/h4-5H,2-3,6-7,17H2,1H3. The third-order valence-corrected chi connectivity index (χ3v) is 3.78. The number of halogens is 4. The molecule has 2 N–H and O–H groups in total. The first-order valence-electron chi connectivity index (χ1n) is 5.93. The highest BCUT2D eigenvalue weighted by Crippen LogP contribution is 2.37. The van der Waals surface area contributed by atoms with Crippen molar-refractivity contribution in [2.24, 2.45) is 11.1 Å². The van der Waals surface area contributed by atoms with Crippen molar-refractivity contribution in [3.05, 3.63) is 22.8 Å². The maximum absolute atomic E-state index is 12.5. The van der Waals surface area contributed by atoms with E-state index < -0.39 is 11.7 Å². The Morgan fingerprint density at radius 1 is 1.53 bits per heavy atom. The fourth-order valence-corrected chi connectivity index (χ4v) is 2.48. The number of hydrogen-bond acceptors (Lipinski definition) is 3. The molecule has 2 rings (SSSR count). The number of rotatable bonds is 2. The highest BCUT2D eigenvalue weighted by atomic mass is 35.5. The van der Waals surface area contributed by atoms with Crippen molar-refractivity contribution >= 4 is 17.4 Å². The molecule has 0 radical (unpaired) electrons. The van der Waals surface area contributed by atoms with E-state index in [9.17, 15) is 13.2 Å². The summed E-state index contributed by atoms with van der Waals surface area (Å²) in [6.45, 7) is 3.93.